The molecule has 4 rings (SSSR count). The number of carbonyl (C=O) groups excluding carboxylic acids is 1. The minimum atomic E-state index is -0.129. The Morgan fingerprint density at radius 3 is 2.73 bits per heavy atom. The highest BCUT2D eigenvalue weighted by Gasteiger charge is 2.13. The fourth-order valence-electron chi connectivity index (χ4n) is 3.03. The highest BCUT2D eigenvalue weighted by molar-refractivity contribution is 8.00. The van der Waals surface area contributed by atoms with Crippen LogP contribution in [0.1, 0.15) is 12.5 Å². The zero-order valence-electron chi connectivity index (χ0n) is 16.5. The van der Waals surface area contributed by atoms with Gasteiger partial charge in [-0.1, -0.05) is 54.2 Å². The summed E-state index contributed by atoms with van der Waals surface area (Å²) in [6.45, 7) is 3.07. The van der Waals surface area contributed by atoms with Crippen LogP contribution in [0.5, 0.6) is 5.75 Å². The maximum absolute atomic E-state index is 12.5. The van der Waals surface area contributed by atoms with Crippen LogP contribution < -0.4 is 10.1 Å². The van der Waals surface area contributed by atoms with Gasteiger partial charge in [0.25, 0.3) is 0 Å². The van der Waals surface area contributed by atoms with Crippen LogP contribution in [0.3, 0.4) is 0 Å². The van der Waals surface area contributed by atoms with E-state index in [1.54, 1.807) is 6.20 Å². The van der Waals surface area contributed by atoms with E-state index in [0.29, 0.717) is 24.6 Å². The fourth-order valence-corrected chi connectivity index (χ4v) is 3.79. The standard InChI is InChI=1S/C22H21N5O2S/c1-2-29-19-11-7-6-10-18(19)26-20(28)14-30-22-17-12-25-27(21(17)23-15-24-22)13-16-8-4-3-5-9-16/h3-12,15H,2,13-14H2,1H3,(H,26,28). The van der Waals surface area contributed by atoms with Crippen LogP contribution in [0.15, 0.2) is 72.1 Å². The first-order chi connectivity index (χ1) is 14.7. The molecule has 0 unspecified atom stereocenters. The van der Waals surface area contributed by atoms with E-state index in [1.807, 2.05) is 54.1 Å². The lowest BCUT2D eigenvalue weighted by Crippen LogP contribution is -2.15. The first-order valence-electron chi connectivity index (χ1n) is 9.59. The van der Waals surface area contributed by atoms with Gasteiger partial charge >= 0.3 is 0 Å². The Morgan fingerprint density at radius 1 is 1.10 bits per heavy atom. The van der Waals surface area contributed by atoms with Crippen molar-refractivity contribution in [3.05, 3.63) is 72.7 Å². The molecule has 0 spiro atoms. The van der Waals surface area contributed by atoms with Gasteiger partial charge in [0.05, 0.1) is 36.2 Å². The van der Waals surface area contributed by atoms with Crippen LogP contribution in [-0.2, 0) is 11.3 Å². The largest absolute Gasteiger partial charge is 0.492 e. The second-order valence-corrected chi connectivity index (χ2v) is 7.43. The molecule has 1 amide bonds. The highest BCUT2D eigenvalue weighted by atomic mass is 32.2. The molecular formula is C22H21N5O2S. The van der Waals surface area contributed by atoms with Crippen LogP contribution in [0, 0.1) is 0 Å². The minimum absolute atomic E-state index is 0.129. The van der Waals surface area contributed by atoms with Gasteiger partial charge in [-0.15, -0.1) is 0 Å². The highest BCUT2D eigenvalue weighted by Crippen LogP contribution is 2.26. The number of ether oxygens (including phenoxy) is 1. The van der Waals surface area contributed by atoms with Gasteiger partial charge < -0.3 is 10.1 Å². The smallest absolute Gasteiger partial charge is 0.234 e. The molecule has 0 aliphatic carbocycles. The van der Waals surface area contributed by atoms with Crippen LogP contribution >= 0.6 is 11.8 Å². The molecule has 0 atom stereocenters. The third kappa shape index (κ3) is 4.60. The second kappa shape index (κ2) is 9.41. The predicted octanol–water partition coefficient (Wildman–Crippen LogP) is 4.00. The molecule has 0 saturated carbocycles. The Kier molecular flexibility index (Phi) is 6.24. The molecule has 0 aliphatic heterocycles. The molecule has 1 N–H and O–H groups in total. The average molecular weight is 420 g/mol. The lowest BCUT2D eigenvalue weighted by molar-refractivity contribution is -0.113. The van der Waals surface area contributed by atoms with Gasteiger partial charge in [-0.05, 0) is 24.6 Å². The van der Waals surface area contributed by atoms with Crippen LogP contribution in [0.2, 0.25) is 0 Å². The number of anilines is 1. The summed E-state index contributed by atoms with van der Waals surface area (Å²) in [5.41, 5.74) is 2.55. The predicted molar refractivity (Wildman–Crippen MR) is 118 cm³/mol. The number of hydrogen-bond acceptors (Lipinski definition) is 6. The van der Waals surface area contributed by atoms with Gasteiger partial charge in [0.2, 0.25) is 5.91 Å². The first-order valence-corrected chi connectivity index (χ1v) is 10.6. The number of hydrogen-bond donors (Lipinski definition) is 1. The zero-order valence-corrected chi connectivity index (χ0v) is 17.3. The molecule has 152 valence electrons. The van der Waals surface area contributed by atoms with Crippen molar-refractivity contribution in [2.45, 2.75) is 18.5 Å². The van der Waals surface area contributed by atoms with E-state index in [9.17, 15) is 4.79 Å². The monoisotopic (exact) mass is 419 g/mol. The van der Waals surface area contributed by atoms with Crippen molar-refractivity contribution in [3.8, 4) is 5.75 Å². The van der Waals surface area contributed by atoms with E-state index < -0.39 is 0 Å². The summed E-state index contributed by atoms with van der Waals surface area (Å²) >= 11 is 1.36. The van der Waals surface area contributed by atoms with Gasteiger partial charge in [-0.25, -0.2) is 14.6 Å². The number of benzene rings is 2. The third-order valence-corrected chi connectivity index (χ3v) is 5.38. The molecule has 30 heavy (non-hydrogen) atoms. The number of fused-ring (bicyclic) bond motifs is 1. The maximum Gasteiger partial charge on any atom is 0.234 e. The molecule has 0 aliphatic rings. The Balaban J connectivity index is 1.45. The number of nitrogens with zero attached hydrogens (tertiary/aromatic N) is 4. The number of aromatic nitrogens is 4. The van der Waals surface area contributed by atoms with Crippen molar-refractivity contribution in [1.82, 2.24) is 19.7 Å². The van der Waals surface area contributed by atoms with E-state index in [2.05, 4.69) is 32.5 Å². The molecule has 7 nitrogen and oxygen atoms in total. The Bertz CT molecular complexity index is 1150. The summed E-state index contributed by atoms with van der Waals surface area (Å²) in [4.78, 5) is 21.2. The van der Waals surface area contributed by atoms with Crippen LogP contribution in [0.25, 0.3) is 11.0 Å². The lowest BCUT2D eigenvalue weighted by Gasteiger charge is -2.11. The van der Waals surface area contributed by atoms with Crippen molar-refractivity contribution in [2.75, 3.05) is 17.7 Å². The Hall–Kier alpha value is -3.39. The quantitative estimate of drug-likeness (QED) is 0.343. The van der Waals surface area contributed by atoms with Gasteiger partial charge in [0, 0.05) is 0 Å². The average Bonchev–Trinajstić information content (AvgIpc) is 3.18. The molecular weight excluding hydrogens is 398 g/mol. The van der Waals surface area contributed by atoms with Crippen molar-refractivity contribution in [1.29, 1.82) is 0 Å². The summed E-state index contributed by atoms with van der Waals surface area (Å²) in [7, 11) is 0. The normalized spacial score (nSPS) is 10.8. The van der Waals surface area contributed by atoms with Gasteiger partial charge in [-0.2, -0.15) is 5.10 Å². The number of rotatable bonds is 8. The van der Waals surface area contributed by atoms with Crippen molar-refractivity contribution >= 4 is 34.4 Å². The molecule has 4 aromatic rings. The van der Waals surface area contributed by atoms with E-state index in [-0.39, 0.29) is 11.7 Å². The van der Waals surface area contributed by atoms with E-state index in [4.69, 9.17) is 4.74 Å². The maximum atomic E-state index is 12.5. The van der Waals surface area contributed by atoms with Crippen molar-refractivity contribution in [2.24, 2.45) is 0 Å². The number of nitrogens with one attached hydrogen (secondary N) is 1. The molecule has 0 saturated heterocycles. The van der Waals surface area contributed by atoms with Gasteiger partial charge in [0.1, 0.15) is 17.1 Å². The first kappa shape index (κ1) is 19.9. The SMILES string of the molecule is CCOc1ccccc1NC(=O)CSc1ncnc2c1cnn2Cc1ccccc1. The topological polar surface area (TPSA) is 81.9 Å². The third-order valence-electron chi connectivity index (χ3n) is 4.37. The molecule has 2 aromatic carbocycles. The van der Waals surface area contributed by atoms with Gasteiger partial charge in [-0.3, -0.25) is 4.79 Å². The molecule has 2 aromatic heterocycles. The van der Waals surface area contributed by atoms with Crippen molar-refractivity contribution in [3.63, 3.8) is 0 Å². The van der Waals surface area contributed by atoms with E-state index >= 15 is 0 Å². The van der Waals surface area contributed by atoms with Crippen LogP contribution in [0.4, 0.5) is 5.69 Å². The molecule has 2 heterocycles. The Morgan fingerprint density at radius 2 is 1.90 bits per heavy atom. The molecule has 8 heteroatoms. The van der Waals surface area contributed by atoms with E-state index in [0.717, 1.165) is 21.6 Å². The summed E-state index contributed by atoms with van der Waals surface area (Å²) in [6.07, 6.45) is 3.26. The summed E-state index contributed by atoms with van der Waals surface area (Å²) < 4.78 is 7.40. The fraction of sp³-hybridized carbons (Fsp3) is 0.182. The van der Waals surface area contributed by atoms with Crippen LogP contribution in [-0.4, -0.2) is 38.0 Å². The zero-order chi connectivity index (χ0) is 20.8. The minimum Gasteiger partial charge on any atom is -0.492 e. The van der Waals surface area contributed by atoms with E-state index in [1.165, 1.54) is 18.1 Å². The molecule has 0 radical (unpaired) electrons. The summed E-state index contributed by atoms with van der Waals surface area (Å²) in [5.74, 6) is 0.747. The number of para-hydroxylation sites is 2. The summed E-state index contributed by atoms with van der Waals surface area (Å²) in [6, 6.07) is 17.5. The molecule has 0 fully saturated rings. The summed E-state index contributed by atoms with van der Waals surface area (Å²) in [5, 5.41) is 8.93. The lowest BCUT2D eigenvalue weighted by atomic mass is 10.2. The number of amides is 1. The molecule has 0 bridgehead atoms. The van der Waals surface area contributed by atoms with Gasteiger partial charge in [0.15, 0.2) is 5.65 Å². The van der Waals surface area contributed by atoms with Crippen molar-refractivity contribution < 1.29 is 9.53 Å². The number of thioether (sulfide) groups is 1. The Labute approximate surface area is 178 Å². The second-order valence-electron chi connectivity index (χ2n) is 6.47. The number of carbonyl (C=O) groups is 1.